The number of esters is 1. The first-order valence-electron chi connectivity index (χ1n) is 5.25. The lowest BCUT2D eigenvalue weighted by molar-refractivity contribution is -0.141. The predicted molar refractivity (Wildman–Crippen MR) is 54.9 cm³/mol. The first kappa shape index (κ1) is 11.5. The highest BCUT2D eigenvalue weighted by atomic mass is 16.5. The van der Waals surface area contributed by atoms with E-state index in [4.69, 9.17) is 5.73 Å². The molecule has 1 heterocycles. The van der Waals surface area contributed by atoms with Crippen LogP contribution in [0.2, 0.25) is 0 Å². The van der Waals surface area contributed by atoms with E-state index in [1.165, 1.54) is 20.0 Å². The van der Waals surface area contributed by atoms with Crippen molar-refractivity contribution in [3.63, 3.8) is 0 Å². The van der Waals surface area contributed by atoms with Crippen LogP contribution < -0.4 is 5.73 Å². The van der Waals surface area contributed by atoms with E-state index >= 15 is 0 Å². The summed E-state index contributed by atoms with van der Waals surface area (Å²) in [5, 5.41) is 0. The minimum absolute atomic E-state index is 0.125. The quantitative estimate of drug-likeness (QED) is 0.660. The fourth-order valence-electron chi connectivity index (χ4n) is 1.90. The number of rotatable bonds is 4. The second-order valence-electron chi connectivity index (χ2n) is 3.87. The van der Waals surface area contributed by atoms with Crippen molar-refractivity contribution >= 4 is 5.97 Å². The molecular weight excluding hydrogens is 180 g/mol. The summed E-state index contributed by atoms with van der Waals surface area (Å²) in [6.45, 7) is 3.69. The van der Waals surface area contributed by atoms with Gasteiger partial charge >= 0.3 is 5.97 Å². The van der Waals surface area contributed by atoms with Crippen molar-refractivity contribution in [2.24, 2.45) is 11.7 Å². The summed E-state index contributed by atoms with van der Waals surface area (Å²) in [4.78, 5) is 13.2. The number of likely N-dealkylation sites (tertiary alicyclic amines) is 1. The normalized spacial score (nSPS) is 23.4. The van der Waals surface area contributed by atoms with Gasteiger partial charge in [-0.05, 0) is 31.8 Å². The predicted octanol–water partition coefficient (Wildman–Crippen LogP) is 0.220. The van der Waals surface area contributed by atoms with Crippen LogP contribution in [0.5, 0.6) is 0 Å². The zero-order valence-electron chi connectivity index (χ0n) is 8.87. The Morgan fingerprint density at radius 2 is 2.43 bits per heavy atom. The Morgan fingerprint density at radius 1 is 1.64 bits per heavy atom. The van der Waals surface area contributed by atoms with Gasteiger partial charge in [-0.25, -0.2) is 0 Å². The first-order chi connectivity index (χ1) is 6.76. The number of hydrogen-bond acceptors (Lipinski definition) is 4. The van der Waals surface area contributed by atoms with Crippen LogP contribution >= 0.6 is 0 Å². The van der Waals surface area contributed by atoms with Crippen LogP contribution in [-0.2, 0) is 9.53 Å². The van der Waals surface area contributed by atoms with Crippen molar-refractivity contribution in [2.75, 3.05) is 33.3 Å². The smallest absolute Gasteiger partial charge is 0.306 e. The molecule has 2 N–H and O–H groups in total. The van der Waals surface area contributed by atoms with E-state index in [2.05, 4.69) is 9.64 Å². The molecule has 0 saturated carbocycles. The van der Waals surface area contributed by atoms with Crippen molar-refractivity contribution in [3.8, 4) is 0 Å². The van der Waals surface area contributed by atoms with Crippen molar-refractivity contribution in [2.45, 2.75) is 19.3 Å². The molecule has 0 radical (unpaired) electrons. The summed E-state index contributed by atoms with van der Waals surface area (Å²) in [6.07, 6.45) is 2.92. The summed E-state index contributed by atoms with van der Waals surface area (Å²) in [6, 6.07) is 0. The van der Waals surface area contributed by atoms with Crippen LogP contribution in [0.15, 0.2) is 0 Å². The van der Waals surface area contributed by atoms with Crippen LogP contribution in [0.1, 0.15) is 19.3 Å². The molecule has 4 nitrogen and oxygen atoms in total. The minimum atomic E-state index is -0.125. The molecule has 0 aliphatic carbocycles. The van der Waals surface area contributed by atoms with Crippen LogP contribution in [0, 0.1) is 5.92 Å². The van der Waals surface area contributed by atoms with Gasteiger partial charge in [-0.3, -0.25) is 4.79 Å². The molecule has 1 aliphatic rings. The Morgan fingerprint density at radius 3 is 3.07 bits per heavy atom. The second-order valence-corrected chi connectivity index (χ2v) is 3.87. The molecule has 82 valence electrons. The Balaban J connectivity index is 2.20. The molecule has 0 aromatic carbocycles. The van der Waals surface area contributed by atoms with E-state index < -0.39 is 0 Å². The number of piperidine rings is 1. The van der Waals surface area contributed by atoms with Gasteiger partial charge in [0.15, 0.2) is 0 Å². The summed E-state index contributed by atoms with van der Waals surface area (Å²) in [5.74, 6) is 0.487. The summed E-state index contributed by atoms with van der Waals surface area (Å²) < 4.78 is 4.60. The molecule has 1 aliphatic heterocycles. The van der Waals surface area contributed by atoms with Gasteiger partial charge in [-0.2, -0.15) is 0 Å². The zero-order chi connectivity index (χ0) is 10.4. The van der Waals surface area contributed by atoms with Crippen molar-refractivity contribution < 1.29 is 9.53 Å². The molecule has 0 aromatic heterocycles. The summed E-state index contributed by atoms with van der Waals surface area (Å²) >= 11 is 0. The number of nitrogens with zero attached hydrogens (tertiary/aromatic N) is 1. The lowest BCUT2D eigenvalue weighted by atomic mass is 9.98. The van der Waals surface area contributed by atoms with Crippen molar-refractivity contribution in [1.29, 1.82) is 0 Å². The molecule has 1 saturated heterocycles. The second kappa shape index (κ2) is 5.98. The van der Waals surface area contributed by atoms with E-state index in [1.807, 2.05) is 0 Å². The van der Waals surface area contributed by atoms with Gasteiger partial charge in [0.05, 0.1) is 13.5 Å². The molecule has 4 heteroatoms. The van der Waals surface area contributed by atoms with E-state index in [0.29, 0.717) is 12.3 Å². The van der Waals surface area contributed by atoms with Gasteiger partial charge in [0.1, 0.15) is 0 Å². The fraction of sp³-hybridized carbons (Fsp3) is 0.900. The Bertz CT molecular complexity index is 185. The van der Waals surface area contributed by atoms with Gasteiger partial charge in [0.2, 0.25) is 0 Å². The maximum Gasteiger partial charge on any atom is 0.306 e. The van der Waals surface area contributed by atoms with Crippen LogP contribution in [0.3, 0.4) is 0 Å². The van der Waals surface area contributed by atoms with E-state index in [0.717, 1.165) is 26.2 Å². The molecule has 1 fully saturated rings. The summed E-state index contributed by atoms with van der Waals surface area (Å²) in [5.41, 5.74) is 5.63. The molecule has 1 atom stereocenters. The third-order valence-electron chi connectivity index (χ3n) is 2.80. The highest BCUT2D eigenvalue weighted by molar-refractivity contribution is 5.69. The maximum atomic E-state index is 10.9. The van der Waals surface area contributed by atoms with Crippen LogP contribution in [0.25, 0.3) is 0 Å². The molecule has 1 rings (SSSR count). The first-order valence-corrected chi connectivity index (χ1v) is 5.25. The highest BCUT2D eigenvalue weighted by Gasteiger charge is 2.18. The van der Waals surface area contributed by atoms with E-state index in [1.54, 1.807) is 0 Å². The molecule has 1 unspecified atom stereocenters. The standard InChI is InChI=1S/C10H20N2O2/c1-14-10(13)4-6-12-5-2-3-9(7-11)8-12/h9H,2-8,11H2,1H3. The van der Waals surface area contributed by atoms with Gasteiger partial charge < -0.3 is 15.4 Å². The molecule has 0 spiro atoms. The number of ether oxygens (including phenoxy) is 1. The third kappa shape index (κ3) is 3.64. The Labute approximate surface area is 85.4 Å². The van der Waals surface area contributed by atoms with Crippen LogP contribution in [-0.4, -0.2) is 44.2 Å². The van der Waals surface area contributed by atoms with E-state index in [-0.39, 0.29) is 5.97 Å². The molecular formula is C10H20N2O2. The maximum absolute atomic E-state index is 10.9. The number of methoxy groups -OCH3 is 1. The van der Waals surface area contributed by atoms with E-state index in [9.17, 15) is 4.79 Å². The number of carbonyl (C=O) groups is 1. The lowest BCUT2D eigenvalue weighted by Gasteiger charge is -2.31. The molecule has 14 heavy (non-hydrogen) atoms. The SMILES string of the molecule is COC(=O)CCN1CCCC(CN)C1. The lowest BCUT2D eigenvalue weighted by Crippen LogP contribution is -2.39. The Hall–Kier alpha value is -0.610. The zero-order valence-corrected chi connectivity index (χ0v) is 8.87. The van der Waals surface area contributed by atoms with Crippen molar-refractivity contribution in [3.05, 3.63) is 0 Å². The fourth-order valence-corrected chi connectivity index (χ4v) is 1.90. The largest absolute Gasteiger partial charge is 0.469 e. The monoisotopic (exact) mass is 200 g/mol. The number of carbonyl (C=O) groups excluding carboxylic acids is 1. The van der Waals surface area contributed by atoms with Gasteiger partial charge in [0.25, 0.3) is 0 Å². The van der Waals surface area contributed by atoms with Gasteiger partial charge in [-0.15, -0.1) is 0 Å². The average molecular weight is 200 g/mol. The third-order valence-corrected chi connectivity index (χ3v) is 2.80. The minimum Gasteiger partial charge on any atom is -0.469 e. The average Bonchev–Trinajstić information content (AvgIpc) is 2.26. The highest BCUT2D eigenvalue weighted by Crippen LogP contribution is 2.15. The molecule has 0 aromatic rings. The van der Waals surface area contributed by atoms with Gasteiger partial charge in [-0.1, -0.05) is 0 Å². The number of nitrogens with two attached hydrogens (primary N) is 1. The van der Waals surface area contributed by atoms with Crippen LogP contribution in [0.4, 0.5) is 0 Å². The molecule has 0 bridgehead atoms. The Kier molecular flexibility index (Phi) is 4.90. The van der Waals surface area contributed by atoms with Gasteiger partial charge in [0, 0.05) is 13.1 Å². The molecule has 0 amide bonds. The summed E-state index contributed by atoms with van der Waals surface area (Å²) in [7, 11) is 1.43. The number of hydrogen-bond donors (Lipinski definition) is 1. The topological polar surface area (TPSA) is 55.6 Å². The van der Waals surface area contributed by atoms with Crippen molar-refractivity contribution in [1.82, 2.24) is 4.90 Å².